The topological polar surface area (TPSA) is 78.1 Å². The smallest absolute Gasteiger partial charge is 0.272 e. The molecule has 1 aliphatic heterocycles. The first-order valence-electron chi connectivity index (χ1n) is 10.4. The van der Waals surface area contributed by atoms with E-state index in [0.717, 1.165) is 30.3 Å². The van der Waals surface area contributed by atoms with Gasteiger partial charge in [0.2, 0.25) is 5.91 Å². The molecule has 0 unspecified atom stereocenters. The van der Waals surface area contributed by atoms with Gasteiger partial charge in [0.15, 0.2) is 0 Å². The van der Waals surface area contributed by atoms with E-state index in [9.17, 15) is 9.59 Å². The minimum Gasteiger partial charge on any atom is -0.325 e. The van der Waals surface area contributed by atoms with Gasteiger partial charge in [0.05, 0.1) is 21.8 Å². The highest BCUT2D eigenvalue weighted by Gasteiger charge is 2.13. The molecule has 3 aromatic rings. The van der Waals surface area contributed by atoms with E-state index >= 15 is 0 Å². The van der Waals surface area contributed by atoms with Gasteiger partial charge in [0, 0.05) is 17.4 Å². The third kappa shape index (κ3) is 4.71. The number of aromatic amines is 1. The molecule has 2 N–H and O–H groups in total. The van der Waals surface area contributed by atoms with Crippen molar-refractivity contribution in [3.63, 3.8) is 0 Å². The van der Waals surface area contributed by atoms with E-state index in [1.165, 1.54) is 25.9 Å². The third-order valence-electron chi connectivity index (χ3n) is 5.54. The normalized spacial score (nSPS) is 14.3. The Morgan fingerprint density at radius 3 is 2.67 bits per heavy atom. The number of likely N-dealkylation sites (tertiary alicyclic amines) is 1. The summed E-state index contributed by atoms with van der Waals surface area (Å²) >= 11 is 6.32. The number of unbranched alkanes of at least 4 members (excludes halogenated alkanes) is 1. The number of aromatic nitrogens is 2. The lowest BCUT2D eigenvalue weighted by molar-refractivity contribution is -0.116. The number of anilines is 1. The number of hydrogen-bond donors (Lipinski definition) is 2. The summed E-state index contributed by atoms with van der Waals surface area (Å²) in [6.45, 7) is 3.43. The Hall–Kier alpha value is -2.70. The Kier molecular flexibility index (Phi) is 6.45. The summed E-state index contributed by atoms with van der Waals surface area (Å²) in [5.74, 6) is -0.0465. The maximum absolute atomic E-state index is 12.4. The highest BCUT2D eigenvalue weighted by Crippen LogP contribution is 2.30. The van der Waals surface area contributed by atoms with E-state index in [0.29, 0.717) is 28.2 Å². The van der Waals surface area contributed by atoms with Gasteiger partial charge in [-0.1, -0.05) is 35.9 Å². The molecule has 7 heteroatoms. The second kappa shape index (κ2) is 9.41. The second-order valence-electron chi connectivity index (χ2n) is 7.70. The van der Waals surface area contributed by atoms with Gasteiger partial charge in [-0.05, 0) is 63.5 Å². The lowest BCUT2D eigenvalue weighted by atomic mass is 10.0. The van der Waals surface area contributed by atoms with Crippen LogP contribution < -0.4 is 10.9 Å². The van der Waals surface area contributed by atoms with Crippen molar-refractivity contribution in [3.05, 3.63) is 57.8 Å². The molecule has 2 heterocycles. The maximum Gasteiger partial charge on any atom is 0.272 e. The predicted octanol–water partition coefficient (Wildman–Crippen LogP) is 4.45. The standard InChI is InChI=1S/C23H25ClN4O2/c24-19-11-10-16(22-17-7-1-2-8-18(17)23(30)27-26-22)15-20(19)25-21(29)9-3-4-12-28-13-5-6-14-28/h1-2,7-8,10-11,15H,3-6,9,12-14H2,(H,25,29)(H,27,30). The molecule has 2 aromatic carbocycles. The molecular formula is C23H25ClN4O2. The van der Waals surface area contributed by atoms with Crippen molar-refractivity contribution < 1.29 is 4.79 Å². The molecule has 0 atom stereocenters. The van der Waals surface area contributed by atoms with E-state index in [1.54, 1.807) is 18.2 Å². The number of benzene rings is 2. The molecular weight excluding hydrogens is 400 g/mol. The third-order valence-corrected chi connectivity index (χ3v) is 5.87. The van der Waals surface area contributed by atoms with Gasteiger partial charge in [-0.15, -0.1) is 0 Å². The van der Waals surface area contributed by atoms with E-state index in [4.69, 9.17) is 11.6 Å². The summed E-state index contributed by atoms with van der Waals surface area (Å²) in [5, 5.41) is 11.5. The molecule has 30 heavy (non-hydrogen) atoms. The quantitative estimate of drug-likeness (QED) is 0.549. The number of carbonyl (C=O) groups excluding carboxylic acids is 1. The van der Waals surface area contributed by atoms with Crippen LogP contribution in [-0.2, 0) is 4.79 Å². The highest BCUT2D eigenvalue weighted by molar-refractivity contribution is 6.33. The zero-order chi connectivity index (χ0) is 20.9. The van der Waals surface area contributed by atoms with Crippen LogP contribution in [0.1, 0.15) is 32.1 Å². The van der Waals surface area contributed by atoms with Crippen molar-refractivity contribution in [2.24, 2.45) is 0 Å². The molecule has 1 saturated heterocycles. The molecule has 0 radical (unpaired) electrons. The molecule has 0 saturated carbocycles. The molecule has 1 amide bonds. The van der Waals surface area contributed by atoms with Crippen LogP contribution in [0, 0.1) is 0 Å². The summed E-state index contributed by atoms with van der Waals surface area (Å²) in [6, 6.07) is 12.7. The number of nitrogens with zero attached hydrogens (tertiary/aromatic N) is 2. The lowest BCUT2D eigenvalue weighted by Crippen LogP contribution is -2.20. The summed E-state index contributed by atoms with van der Waals surface area (Å²) in [5.41, 5.74) is 1.74. The van der Waals surface area contributed by atoms with Crippen molar-refractivity contribution in [3.8, 4) is 11.3 Å². The van der Waals surface area contributed by atoms with Crippen molar-refractivity contribution in [1.29, 1.82) is 0 Å². The molecule has 0 bridgehead atoms. The Bertz CT molecular complexity index is 1110. The minimum absolute atomic E-state index is 0.0465. The summed E-state index contributed by atoms with van der Waals surface area (Å²) < 4.78 is 0. The highest BCUT2D eigenvalue weighted by atomic mass is 35.5. The Morgan fingerprint density at radius 2 is 1.87 bits per heavy atom. The number of amides is 1. The van der Waals surface area contributed by atoms with Crippen molar-refractivity contribution in [2.75, 3.05) is 25.0 Å². The molecule has 156 valence electrons. The van der Waals surface area contributed by atoms with Crippen LogP contribution in [0.15, 0.2) is 47.3 Å². The first-order chi connectivity index (χ1) is 14.6. The number of rotatable bonds is 7. The van der Waals surface area contributed by atoms with Crippen molar-refractivity contribution >= 4 is 34.0 Å². The average molecular weight is 425 g/mol. The van der Waals surface area contributed by atoms with Crippen LogP contribution >= 0.6 is 11.6 Å². The summed E-state index contributed by atoms with van der Waals surface area (Å²) in [6.07, 6.45) is 4.91. The Morgan fingerprint density at radius 1 is 1.10 bits per heavy atom. The van der Waals surface area contributed by atoms with Crippen LogP contribution in [0.25, 0.3) is 22.0 Å². The molecule has 1 aliphatic rings. The zero-order valence-electron chi connectivity index (χ0n) is 16.8. The molecule has 6 nitrogen and oxygen atoms in total. The van der Waals surface area contributed by atoms with Gasteiger partial charge in [-0.25, -0.2) is 5.10 Å². The van der Waals surface area contributed by atoms with Crippen LogP contribution in [0.3, 0.4) is 0 Å². The van der Waals surface area contributed by atoms with Gasteiger partial charge in [0.25, 0.3) is 5.56 Å². The molecule has 1 aromatic heterocycles. The number of H-pyrrole nitrogens is 1. The van der Waals surface area contributed by atoms with Gasteiger partial charge >= 0.3 is 0 Å². The van der Waals surface area contributed by atoms with E-state index in [1.807, 2.05) is 24.3 Å². The Balaban J connectivity index is 1.45. The van der Waals surface area contributed by atoms with Crippen LogP contribution in [0.2, 0.25) is 5.02 Å². The fourth-order valence-electron chi connectivity index (χ4n) is 3.94. The number of carbonyl (C=O) groups is 1. The van der Waals surface area contributed by atoms with E-state index in [-0.39, 0.29) is 11.5 Å². The summed E-state index contributed by atoms with van der Waals surface area (Å²) in [4.78, 5) is 26.9. The predicted molar refractivity (Wildman–Crippen MR) is 121 cm³/mol. The van der Waals surface area contributed by atoms with E-state index in [2.05, 4.69) is 20.4 Å². The monoisotopic (exact) mass is 424 g/mol. The van der Waals surface area contributed by atoms with Crippen molar-refractivity contribution in [2.45, 2.75) is 32.1 Å². The van der Waals surface area contributed by atoms with E-state index < -0.39 is 0 Å². The second-order valence-corrected chi connectivity index (χ2v) is 8.10. The van der Waals surface area contributed by atoms with Gasteiger partial charge < -0.3 is 10.2 Å². The van der Waals surface area contributed by atoms with Crippen LogP contribution in [-0.4, -0.2) is 40.6 Å². The first kappa shape index (κ1) is 20.6. The minimum atomic E-state index is -0.231. The molecule has 0 spiro atoms. The lowest BCUT2D eigenvalue weighted by Gasteiger charge is -2.14. The maximum atomic E-state index is 12.4. The SMILES string of the molecule is O=C(CCCCN1CCCC1)Nc1cc(-c2n[nH]c(=O)c3ccccc23)ccc1Cl. The number of hydrogen-bond acceptors (Lipinski definition) is 4. The summed E-state index contributed by atoms with van der Waals surface area (Å²) in [7, 11) is 0. The van der Waals surface area contributed by atoms with Gasteiger partial charge in [-0.3, -0.25) is 9.59 Å². The van der Waals surface area contributed by atoms with Gasteiger partial charge in [0.1, 0.15) is 0 Å². The van der Waals surface area contributed by atoms with Crippen LogP contribution in [0.4, 0.5) is 5.69 Å². The fourth-order valence-corrected chi connectivity index (χ4v) is 4.11. The van der Waals surface area contributed by atoms with Crippen LogP contribution in [0.5, 0.6) is 0 Å². The fraction of sp³-hybridized carbons (Fsp3) is 0.348. The Labute approximate surface area is 180 Å². The zero-order valence-corrected chi connectivity index (χ0v) is 17.5. The number of halogens is 1. The molecule has 1 fully saturated rings. The van der Waals surface area contributed by atoms with Gasteiger partial charge in [-0.2, -0.15) is 5.10 Å². The van der Waals surface area contributed by atoms with Crippen molar-refractivity contribution in [1.82, 2.24) is 15.1 Å². The average Bonchev–Trinajstić information content (AvgIpc) is 3.27. The first-order valence-corrected chi connectivity index (χ1v) is 10.8. The largest absolute Gasteiger partial charge is 0.325 e. The number of nitrogens with one attached hydrogen (secondary N) is 2. The number of fused-ring (bicyclic) bond motifs is 1. The molecule has 0 aliphatic carbocycles. The molecule has 4 rings (SSSR count).